The summed E-state index contributed by atoms with van der Waals surface area (Å²) in [5.41, 5.74) is 3.46. The summed E-state index contributed by atoms with van der Waals surface area (Å²) < 4.78 is 26.9. The summed E-state index contributed by atoms with van der Waals surface area (Å²) in [5.74, 6) is -3.57. The van der Waals surface area contributed by atoms with Crippen molar-refractivity contribution in [3.63, 3.8) is 0 Å². The third-order valence-corrected chi connectivity index (χ3v) is 8.84. The van der Waals surface area contributed by atoms with Crippen molar-refractivity contribution in [2.24, 2.45) is 5.92 Å². The molecule has 0 fully saturated rings. The van der Waals surface area contributed by atoms with Crippen LogP contribution < -0.4 is 10.0 Å². The molecule has 11 heteroatoms. The molecule has 0 aliphatic rings. The molecule has 2 N–H and O–H groups in total. The van der Waals surface area contributed by atoms with Gasteiger partial charge in [0.05, 0.1) is 30.4 Å². The Morgan fingerprint density at radius 2 is 1.71 bits per heavy atom. The maximum atomic E-state index is 13.2. The van der Waals surface area contributed by atoms with Crippen LogP contribution in [0, 0.1) is 11.1 Å². The zero-order valence-corrected chi connectivity index (χ0v) is 25.0. The number of carboxylic acid groups (broad SMARTS) is 1. The predicted octanol–water partition coefficient (Wildman–Crippen LogP) is 3.64. The van der Waals surface area contributed by atoms with Crippen molar-refractivity contribution >= 4 is 39.1 Å². The topological polar surface area (TPSA) is 145 Å². The summed E-state index contributed by atoms with van der Waals surface area (Å²) in [6, 6.07) is 16.7. The van der Waals surface area contributed by atoms with Gasteiger partial charge in [0, 0.05) is 30.0 Å². The molecule has 224 valence electrons. The van der Waals surface area contributed by atoms with Crippen LogP contribution in [0.2, 0.25) is 5.02 Å². The normalized spacial score (nSPS) is 12.0. The number of aryl methyl sites for hydroxylation is 3. The third-order valence-electron chi connectivity index (χ3n) is 6.93. The number of ketones is 1. The molecule has 3 aromatic rings. The molecule has 42 heavy (non-hydrogen) atoms. The minimum atomic E-state index is -3.79. The van der Waals surface area contributed by atoms with Crippen molar-refractivity contribution in [3.8, 4) is 0 Å². The lowest BCUT2D eigenvalue weighted by atomic mass is 9.99. The Kier molecular flexibility index (Phi) is 12.1. The van der Waals surface area contributed by atoms with E-state index in [4.69, 9.17) is 16.7 Å². The lowest BCUT2D eigenvalue weighted by Gasteiger charge is -2.17. The van der Waals surface area contributed by atoms with Gasteiger partial charge in [0.15, 0.2) is 27.5 Å². The number of hydrogen-bond donors (Lipinski definition) is 2. The van der Waals surface area contributed by atoms with E-state index in [2.05, 4.69) is 5.32 Å². The number of carbonyl (C=O) groups excluding carboxylic acids is 2. The Balaban J connectivity index is 1.65. The largest absolute Gasteiger partial charge is 0.619 e. The number of rotatable bonds is 16. The van der Waals surface area contributed by atoms with Crippen LogP contribution in [0.3, 0.4) is 0 Å². The minimum absolute atomic E-state index is 0.0887. The van der Waals surface area contributed by atoms with E-state index in [0.717, 1.165) is 17.5 Å². The Bertz CT molecular complexity index is 1510. The number of carbonyl (C=O) groups is 3. The number of pyridine rings is 1. The van der Waals surface area contributed by atoms with Crippen LogP contribution in [0.4, 0.5) is 0 Å². The van der Waals surface area contributed by atoms with Crippen LogP contribution >= 0.6 is 11.6 Å². The molecule has 1 amide bonds. The summed E-state index contributed by atoms with van der Waals surface area (Å²) >= 11 is 6.11. The van der Waals surface area contributed by atoms with E-state index in [1.54, 1.807) is 48.5 Å². The first-order valence-corrected chi connectivity index (χ1v) is 15.9. The molecule has 3 rings (SSSR count). The second-order valence-corrected chi connectivity index (χ2v) is 12.8. The molecular weight excluding hydrogens is 580 g/mol. The average Bonchev–Trinajstić information content (AvgIpc) is 2.94. The number of hydrogen-bond acceptors (Lipinski definition) is 6. The number of aromatic nitrogens is 1. The van der Waals surface area contributed by atoms with Crippen molar-refractivity contribution in [1.29, 1.82) is 0 Å². The molecule has 0 bridgehead atoms. The quantitative estimate of drug-likeness (QED) is 0.185. The van der Waals surface area contributed by atoms with Crippen LogP contribution in [0.1, 0.15) is 47.7 Å². The van der Waals surface area contributed by atoms with Gasteiger partial charge in [-0.3, -0.25) is 14.4 Å². The first-order valence-electron chi connectivity index (χ1n) is 13.7. The molecule has 1 aromatic heterocycles. The van der Waals surface area contributed by atoms with Crippen molar-refractivity contribution in [2.75, 3.05) is 12.3 Å². The van der Waals surface area contributed by atoms with E-state index in [9.17, 15) is 28.0 Å². The highest BCUT2D eigenvalue weighted by atomic mass is 35.5. The second kappa shape index (κ2) is 15.5. The van der Waals surface area contributed by atoms with Crippen LogP contribution in [0.15, 0.2) is 66.9 Å². The highest BCUT2D eigenvalue weighted by Gasteiger charge is 2.27. The average molecular weight is 615 g/mol. The summed E-state index contributed by atoms with van der Waals surface area (Å²) in [7, 11) is -3.79. The van der Waals surface area contributed by atoms with E-state index in [0.29, 0.717) is 33.0 Å². The van der Waals surface area contributed by atoms with Gasteiger partial charge in [-0.05, 0) is 53.6 Å². The Hall–Kier alpha value is -3.76. The van der Waals surface area contributed by atoms with Gasteiger partial charge in [-0.2, -0.15) is 4.73 Å². The van der Waals surface area contributed by atoms with Gasteiger partial charge in [0.25, 0.3) is 0 Å². The van der Waals surface area contributed by atoms with Crippen molar-refractivity contribution in [2.45, 2.75) is 51.2 Å². The lowest BCUT2D eigenvalue weighted by Crippen LogP contribution is -2.39. The SMILES string of the molecule is CCc1ccc(Cl)cc1CCC(=O)CNC(=O)C(CCc1cccc[n+]1[O-])CS(=O)(=O)Cc1ccc(CC(=O)O)cc1. The van der Waals surface area contributed by atoms with E-state index in [1.807, 2.05) is 19.1 Å². The van der Waals surface area contributed by atoms with Gasteiger partial charge >= 0.3 is 5.97 Å². The highest BCUT2D eigenvalue weighted by Crippen LogP contribution is 2.19. The molecule has 1 unspecified atom stereocenters. The van der Waals surface area contributed by atoms with Crippen molar-refractivity contribution < 1.29 is 32.6 Å². The van der Waals surface area contributed by atoms with E-state index in [1.165, 1.54) is 6.20 Å². The molecular formula is C31H35ClN2O7S. The first kappa shape index (κ1) is 32.8. The predicted molar refractivity (Wildman–Crippen MR) is 160 cm³/mol. The summed E-state index contributed by atoms with van der Waals surface area (Å²) in [5, 5.41) is 24.2. The fraction of sp³-hybridized carbons (Fsp3) is 0.355. The molecule has 2 aromatic carbocycles. The zero-order chi connectivity index (χ0) is 30.7. The fourth-order valence-electron chi connectivity index (χ4n) is 4.68. The molecule has 0 saturated heterocycles. The molecule has 9 nitrogen and oxygen atoms in total. The lowest BCUT2D eigenvalue weighted by molar-refractivity contribution is -0.614. The molecule has 0 radical (unpaired) electrons. The van der Waals surface area contributed by atoms with E-state index >= 15 is 0 Å². The number of nitrogens with zero attached hydrogens (tertiary/aromatic N) is 1. The number of benzene rings is 2. The monoisotopic (exact) mass is 614 g/mol. The number of sulfone groups is 1. The van der Waals surface area contributed by atoms with Gasteiger partial charge in [-0.15, -0.1) is 0 Å². The number of halogens is 1. The number of amides is 1. The number of aliphatic carboxylic acids is 1. The van der Waals surface area contributed by atoms with Crippen molar-refractivity contribution in [1.82, 2.24) is 5.32 Å². The summed E-state index contributed by atoms with van der Waals surface area (Å²) in [6.45, 7) is 1.77. The molecule has 0 aliphatic heterocycles. The standard InChI is InChI=1S/C31H35ClN2O7S/c1-2-24-10-13-27(32)18-25(24)12-15-29(35)19-33-31(38)26(11-14-28-5-3-4-16-34(28)39)21-42(40,41)20-23-8-6-22(7-9-23)17-30(36)37/h3-10,13,16,18,26H,2,11-12,14-15,17,19-21H2,1H3,(H,33,38)(H,36,37). The maximum Gasteiger partial charge on any atom is 0.307 e. The van der Waals surface area contributed by atoms with Crippen LogP contribution in [0.5, 0.6) is 0 Å². The van der Waals surface area contributed by atoms with Crippen molar-refractivity contribution in [3.05, 3.63) is 105 Å². The van der Waals surface area contributed by atoms with Crippen LogP contribution in [-0.2, 0) is 55.7 Å². The first-order chi connectivity index (χ1) is 20.0. The van der Waals surface area contributed by atoms with Gasteiger partial charge in [0.1, 0.15) is 0 Å². The minimum Gasteiger partial charge on any atom is -0.619 e. The number of Topliss-reactive ketones (excluding diaryl/α,β-unsaturated/α-hetero) is 1. The molecule has 0 saturated carbocycles. The Morgan fingerprint density at radius 3 is 2.38 bits per heavy atom. The van der Waals surface area contributed by atoms with E-state index in [-0.39, 0.29) is 43.8 Å². The fourth-order valence-corrected chi connectivity index (χ4v) is 6.63. The second-order valence-electron chi connectivity index (χ2n) is 10.2. The van der Waals surface area contributed by atoms with Gasteiger partial charge < -0.3 is 15.6 Å². The maximum absolute atomic E-state index is 13.2. The smallest absolute Gasteiger partial charge is 0.307 e. The Morgan fingerprint density at radius 1 is 1.00 bits per heavy atom. The number of nitrogens with one attached hydrogen (secondary N) is 1. The molecule has 1 atom stereocenters. The molecule has 0 spiro atoms. The van der Waals surface area contributed by atoms with Crippen LogP contribution in [-0.4, -0.2) is 43.5 Å². The zero-order valence-electron chi connectivity index (χ0n) is 23.4. The van der Waals surface area contributed by atoms with Crippen LogP contribution in [0.25, 0.3) is 0 Å². The Labute approximate surface area is 251 Å². The molecule has 0 aliphatic carbocycles. The van der Waals surface area contributed by atoms with E-state index < -0.39 is 33.4 Å². The third kappa shape index (κ3) is 10.6. The highest BCUT2D eigenvalue weighted by molar-refractivity contribution is 7.90. The summed E-state index contributed by atoms with van der Waals surface area (Å²) in [6.07, 6.45) is 2.87. The number of carboxylic acids is 1. The molecule has 1 heterocycles. The van der Waals surface area contributed by atoms with Gasteiger partial charge in [-0.25, -0.2) is 8.42 Å². The van der Waals surface area contributed by atoms with Gasteiger partial charge in [0.2, 0.25) is 5.91 Å². The van der Waals surface area contributed by atoms with Gasteiger partial charge in [-0.1, -0.05) is 54.9 Å². The summed E-state index contributed by atoms with van der Waals surface area (Å²) in [4.78, 5) is 36.7.